The van der Waals surface area contributed by atoms with Crippen LogP contribution in [0.5, 0.6) is 0 Å². The predicted molar refractivity (Wildman–Crippen MR) is 68.0 cm³/mol. The van der Waals surface area contributed by atoms with E-state index in [-0.39, 0.29) is 5.78 Å². The van der Waals surface area contributed by atoms with E-state index in [4.69, 9.17) is 0 Å². The van der Waals surface area contributed by atoms with Gasteiger partial charge in [0.25, 0.3) is 0 Å². The molecule has 78 valence electrons. The Labute approximate surface area is 95.1 Å². The predicted octanol–water partition coefficient (Wildman–Crippen LogP) is 3.29. The first-order valence-electron chi connectivity index (χ1n) is 5.21. The topological polar surface area (TPSA) is 21.4 Å². The molecule has 1 nitrogen and oxygen atoms in total. The Morgan fingerprint density at radius 2 is 1.38 bits per heavy atom. The zero-order valence-electron chi connectivity index (χ0n) is 8.88. The summed E-state index contributed by atoms with van der Waals surface area (Å²) in [5, 5.41) is 0. The standard InChI is InChI=1S/C15H12O/c16-15(14-9-5-2-6-10-14)12-11-13-7-3-1-4-8-13/h1-12H/p+1/b12-11+. The molecular formula is C15H13O+. The summed E-state index contributed by atoms with van der Waals surface area (Å²) >= 11 is 0. The van der Waals surface area contributed by atoms with E-state index in [1.165, 1.54) is 0 Å². The molecule has 0 aliphatic rings. The van der Waals surface area contributed by atoms with Gasteiger partial charge in [0.05, 0.1) is 5.56 Å². The highest BCUT2D eigenvalue weighted by Crippen LogP contribution is 2.04. The second-order valence-electron chi connectivity index (χ2n) is 3.50. The van der Waals surface area contributed by atoms with Gasteiger partial charge in [-0.25, -0.2) is 0 Å². The molecule has 0 bridgehead atoms. The van der Waals surface area contributed by atoms with Gasteiger partial charge in [-0.3, -0.25) is 4.79 Å². The quantitative estimate of drug-likeness (QED) is 0.420. The number of benzene rings is 2. The molecule has 0 heterocycles. The molecule has 1 heteroatoms. The number of carbonyl (C=O) groups excluding carboxylic acids is 1. The summed E-state index contributed by atoms with van der Waals surface area (Å²) in [6, 6.07) is 19.4. The Morgan fingerprint density at radius 1 is 0.812 bits per heavy atom. The third-order valence-corrected chi connectivity index (χ3v) is 2.30. The summed E-state index contributed by atoms with van der Waals surface area (Å²) in [7, 11) is 0. The second-order valence-corrected chi connectivity index (χ2v) is 3.50. The third kappa shape index (κ3) is 2.67. The highest BCUT2D eigenvalue weighted by molar-refractivity contribution is 6.07. The Balaban J connectivity index is 2.12. The lowest BCUT2D eigenvalue weighted by molar-refractivity contribution is 0.682. The molecule has 2 rings (SSSR count). The van der Waals surface area contributed by atoms with E-state index < -0.39 is 0 Å². The number of ketones is 1. The summed E-state index contributed by atoms with van der Waals surface area (Å²) in [4.78, 5) is 9.81. The van der Waals surface area contributed by atoms with Crippen LogP contribution in [0.1, 0.15) is 11.1 Å². The van der Waals surface area contributed by atoms with Gasteiger partial charge >= 0.3 is 5.78 Å². The van der Waals surface area contributed by atoms with E-state index in [1.54, 1.807) is 6.08 Å². The highest BCUT2D eigenvalue weighted by atomic mass is 16.1. The van der Waals surface area contributed by atoms with Crippen LogP contribution in [0.4, 0.5) is 0 Å². The molecule has 1 N–H and O–H groups in total. The van der Waals surface area contributed by atoms with E-state index in [2.05, 4.69) is 0 Å². The minimum Gasteiger partial charge on any atom is -0.273 e. The van der Waals surface area contributed by atoms with Gasteiger partial charge < -0.3 is 0 Å². The third-order valence-electron chi connectivity index (χ3n) is 2.30. The molecule has 2 aromatic rings. The number of rotatable bonds is 3. The summed E-state index contributed by atoms with van der Waals surface area (Å²) in [6.07, 6.45) is 3.60. The lowest BCUT2D eigenvalue weighted by Crippen LogP contribution is -1.94. The number of hydrogen-bond donors (Lipinski definition) is 0. The average Bonchev–Trinajstić information content (AvgIpc) is 2.38. The fourth-order valence-corrected chi connectivity index (χ4v) is 1.44. The molecule has 0 amide bonds. The van der Waals surface area contributed by atoms with E-state index in [1.807, 2.05) is 66.7 Å². The van der Waals surface area contributed by atoms with Crippen molar-refractivity contribution >= 4 is 11.9 Å². The molecule has 0 saturated carbocycles. The average molecular weight is 209 g/mol. The second kappa shape index (κ2) is 5.08. The van der Waals surface area contributed by atoms with Gasteiger partial charge in [0, 0.05) is 6.08 Å². The number of hydrogen-bond acceptors (Lipinski definition) is 0. The van der Waals surface area contributed by atoms with Crippen LogP contribution >= 0.6 is 0 Å². The van der Waals surface area contributed by atoms with E-state index in [9.17, 15) is 4.79 Å². The van der Waals surface area contributed by atoms with Crippen LogP contribution in [-0.2, 0) is 0 Å². The molecule has 0 saturated heterocycles. The Morgan fingerprint density at radius 3 is 2.00 bits per heavy atom. The molecule has 0 unspecified atom stereocenters. The smallest absolute Gasteiger partial charge is 0.273 e. The maximum absolute atomic E-state index is 9.81. The minimum absolute atomic E-state index is 0.282. The van der Waals surface area contributed by atoms with Crippen molar-refractivity contribution in [3.63, 3.8) is 0 Å². The lowest BCUT2D eigenvalue weighted by Gasteiger charge is -1.90. The Hall–Kier alpha value is -2.15. The van der Waals surface area contributed by atoms with Crippen molar-refractivity contribution < 1.29 is 4.79 Å². The maximum atomic E-state index is 9.81. The van der Waals surface area contributed by atoms with Gasteiger partial charge in [-0.05, 0) is 23.8 Å². The van der Waals surface area contributed by atoms with Crippen LogP contribution in [0.3, 0.4) is 0 Å². The summed E-state index contributed by atoms with van der Waals surface area (Å²) in [5.74, 6) is 0.282. The molecule has 2 aromatic carbocycles. The van der Waals surface area contributed by atoms with Crippen molar-refractivity contribution in [1.29, 1.82) is 0 Å². The molecule has 0 spiro atoms. The first-order valence-corrected chi connectivity index (χ1v) is 5.21. The monoisotopic (exact) mass is 209 g/mol. The largest absolute Gasteiger partial charge is 0.347 e. The minimum atomic E-state index is 0.282. The van der Waals surface area contributed by atoms with Crippen LogP contribution in [0.2, 0.25) is 0 Å². The van der Waals surface area contributed by atoms with Crippen LogP contribution in [0.25, 0.3) is 6.08 Å². The fourth-order valence-electron chi connectivity index (χ4n) is 1.44. The molecule has 0 aliphatic carbocycles. The van der Waals surface area contributed by atoms with E-state index in [0.29, 0.717) is 0 Å². The van der Waals surface area contributed by atoms with Crippen LogP contribution in [-0.4, -0.2) is 10.6 Å². The lowest BCUT2D eigenvalue weighted by atomic mass is 10.1. The molecule has 0 radical (unpaired) electrons. The van der Waals surface area contributed by atoms with Gasteiger partial charge in [-0.15, -0.1) is 0 Å². The summed E-state index contributed by atoms with van der Waals surface area (Å²) in [6.45, 7) is 0. The van der Waals surface area contributed by atoms with Gasteiger partial charge in [-0.1, -0.05) is 48.5 Å². The molecule has 16 heavy (non-hydrogen) atoms. The van der Waals surface area contributed by atoms with Crippen molar-refractivity contribution in [3.8, 4) is 0 Å². The Kier molecular flexibility index (Phi) is 3.29. The molecule has 0 fully saturated rings. The summed E-state index contributed by atoms with van der Waals surface area (Å²) in [5.41, 5.74) is 1.90. The molecule has 0 aromatic heterocycles. The van der Waals surface area contributed by atoms with Crippen molar-refractivity contribution in [2.24, 2.45) is 0 Å². The summed E-state index contributed by atoms with van der Waals surface area (Å²) < 4.78 is 0. The van der Waals surface area contributed by atoms with Crippen molar-refractivity contribution in [2.45, 2.75) is 0 Å². The van der Waals surface area contributed by atoms with Crippen molar-refractivity contribution in [2.75, 3.05) is 0 Å². The van der Waals surface area contributed by atoms with E-state index >= 15 is 0 Å². The normalized spacial score (nSPS) is 10.5. The van der Waals surface area contributed by atoms with Crippen LogP contribution in [0, 0.1) is 0 Å². The van der Waals surface area contributed by atoms with Gasteiger partial charge in [0.1, 0.15) is 0 Å². The van der Waals surface area contributed by atoms with Gasteiger partial charge in [0.15, 0.2) is 0 Å². The van der Waals surface area contributed by atoms with Crippen LogP contribution < -0.4 is 0 Å². The first-order chi connectivity index (χ1) is 7.86. The van der Waals surface area contributed by atoms with E-state index in [0.717, 1.165) is 11.1 Å². The molecule has 0 aliphatic heterocycles. The van der Waals surface area contributed by atoms with Crippen molar-refractivity contribution in [3.05, 3.63) is 77.9 Å². The molecule has 0 atom stereocenters. The Bertz CT molecular complexity index is 483. The maximum Gasteiger partial charge on any atom is 0.347 e. The SMILES string of the molecule is [OH+]=C(/C=C/c1ccccc1)c1ccccc1. The fraction of sp³-hybridized carbons (Fsp3) is 0. The zero-order valence-corrected chi connectivity index (χ0v) is 8.88. The van der Waals surface area contributed by atoms with Crippen molar-refractivity contribution in [1.82, 2.24) is 0 Å². The number of allylic oxidation sites excluding steroid dienone is 1. The highest BCUT2D eigenvalue weighted by Gasteiger charge is 2.05. The first kappa shape index (κ1) is 10.4. The van der Waals surface area contributed by atoms with Gasteiger partial charge in [0.2, 0.25) is 0 Å². The van der Waals surface area contributed by atoms with Crippen LogP contribution in [0.15, 0.2) is 66.7 Å². The zero-order chi connectivity index (χ0) is 11.2. The van der Waals surface area contributed by atoms with Gasteiger partial charge in [-0.2, -0.15) is 0 Å². The molecular weight excluding hydrogens is 196 g/mol.